The highest BCUT2D eigenvalue weighted by Crippen LogP contribution is 2.28. The Morgan fingerprint density at radius 2 is 2.22 bits per heavy atom. The van der Waals surface area contributed by atoms with E-state index in [1.54, 1.807) is 36.7 Å². The second-order valence-corrected chi connectivity index (χ2v) is 4.94. The Hall–Kier alpha value is -3.00. The lowest BCUT2D eigenvalue weighted by Gasteiger charge is -2.05. The molecule has 0 fully saturated rings. The Labute approximate surface area is 136 Å². The molecular formula is C15H13N5O2S. The van der Waals surface area contributed by atoms with Crippen LogP contribution in [0.4, 0.5) is 0 Å². The highest BCUT2D eigenvalue weighted by atomic mass is 32.1. The molecule has 116 valence electrons. The third-order valence-electron chi connectivity index (χ3n) is 3.13. The molecule has 7 nitrogen and oxygen atoms in total. The predicted molar refractivity (Wildman–Crippen MR) is 88.3 cm³/mol. The fourth-order valence-electron chi connectivity index (χ4n) is 2.01. The fourth-order valence-corrected chi connectivity index (χ4v) is 2.19. The highest BCUT2D eigenvalue weighted by Gasteiger charge is 2.09. The SMILES string of the molecule is COc1cccc(/C=N/n2c(-c3cccnc3)n[nH]c2=S)c1O. The molecule has 8 heteroatoms. The number of aromatic hydroxyl groups is 1. The van der Waals surface area contributed by atoms with Crippen molar-refractivity contribution >= 4 is 18.4 Å². The van der Waals surface area contributed by atoms with E-state index in [4.69, 9.17) is 17.0 Å². The largest absolute Gasteiger partial charge is 0.504 e. The first kappa shape index (κ1) is 14.9. The summed E-state index contributed by atoms with van der Waals surface area (Å²) >= 11 is 5.19. The average molecular weight is 327 g/mol. The maximum absolute atomic E-state index is 10.1. The summed E-state index contributed by atoms with van der Waals surface area (Å²) in [5.74, 6) is 0.913. The zero-order valence-electron chi connectivity index (χ0n) is 12.2. The van der Waals surface area contributed by atoms with E-state index in [2.05, 4.69) is 20.3 Å². The molecule has 0 aliphatic carbocycles. The lowest BCUT2D eigenvalue weighted by Crippen LogP contribution is -1.96. The van der Waals surface area contributed by atoms with Gasteiger partial charge in [-0.3, -0.25) is 4.98 Å². The van der Waals surface area contributed by atoms with Crippen molar-refractivity contribution in [3.05, 3.63) is 53.1 Å². The van der Waals surface area contributed by atoms with Crippen molar-refractivity contribution in [1.29, 1.82) is 0 Å². The number of aromatic amines is 1. The van der Waals surface area contributed by atoms with Gasteiger partial charge in [0.15, 0.2) is 17.3 Å². The number of H-pyrrole nitrogens is 1. The van der Waals surface area contributed by atoms with Crippen molar-refractivity contribution in [3.8, 4) is 22.9 Å². The van der Waals surface area contributed by atoms with Gasteiger partial charge in [0.2, 0.25) is 4.77 Å². The molecule has 0 saturated carbocycles. The quantitative estimate of drug-likeness (QED) is 0.568. The Kier molecular flexibility index (Phi) is 4.15. The number of hydrogen-bond acceptors (Lipinski definition) is 6. The van der Waals surface area contributed by atoms with E-state index in [0.29, 0.717) is 21.9 Å². The number of ether oxygens (including phenoxy) is 1. The molecule has 0 bridgehead atoms. The van der Waals surface area contributed by atoms with Gasteiger partial charge in [-0.1, -0.05) is 6.07 Å². The van der Waals surface area contributed by atoms with Crippen molar-refractivity contribution in [2.45, 2.75) is 0 Å². The smallest absolute Gasteiger partial charge is 0.216 e. The van der Waals surface area contributed by atoms with Gasteiger partial charge in [0.05, 0.1) is 13.3 Å². The zero-order valence-corrected chi connectivity index (χ0v) is 13.0. The predicted octanol–water partition coefficient (Wildman–Crippen LogP) is 2.60. The second kappa shape index (κ2) is 6.41. The van der Waals surface area contributed by atoms with Crippen molar-refractivity contribution < 1.29 is 9.84 Å². The number of phenols is 1. The Balaban J connectivity index is 2.01. The monoisotopic (exact) mass is 327 g/mol. The molecule has 3 aromatic rings. The number of aromatic nitrogens is 4. The number of para-hydroxylation sites is 1. The Morgan fingerprint density at radius 1 is 1.35 bits per heavy atom. The normalized spacial score (nSPS) is 11.0. The first-order chi connectivity index (χ1) is 11.2. The number of rotatable bonds is 4. The topological polar surface area (TPSA) is 88.3 Å². The number of hydrogen-bond donors (Lipinski definition) is 2. The molecule has 0 aliphatic heterocycles. The number of pyridine rings is 1. The van der Waals surface area contributed by atoms with Gasteiger partial charge in [-0.05, 0) is 36.5 Å². The molecule has 23 heavy (non-hydrogen) atoms. The van der Waals surface area contributed by atoms with Gasteiger partial charge < -0.3 is 9.84 Å². The second-order valence-electron chi connectivity index (χ2n) is 4.55. The summed E-state index contributed by atoms with van der Waals surface area (Å²) in [7, 11) is 1.49. The molecular weight excluding hydrogens is 314 g/mol. The summed E-state index contributed by atoms with van der Waals surface area (Å²) in [6.45, 7) is 0. The van der Waals surface area contributed by atoms with Gasteiger partial charge in [0, 0.05) is 23.5 Å². The van der Waals surface area contributed by atoms with Gasteiger partial charge in [-0.2, -0.15) is 14.9 Å². The number of phenolic OH excluding ortho intramolecular Hbond substituents is 1. The van der Waals surface area contributed by atoms with Crippen molar-refractivity contribution in [3.63, 3.8) is 0 Å². The number of nitrogens with one attached hydrogen (secondary N) is 1. The minimum Gasteiger partial charge on any atom is -0.504 e. The highest BCUT2D eigenvalue weighted by molar-refractivity contribution is 7.71. The van der Waals surface area contributed by atoms with Crippen LogP contribution in [0.15, 0.2) is 47.8 Å². The van der Waals surface area contributed by atoms with E-state index in [9.17, 15) is 5.11 Å². The molecule has 2 N–H and O–H groups in total. The van der Waals surface area contributed by atoms with E-state index < -0.39 is 0 Å². The van der Waals surface area contributed by atoms with Crippen LogP contribution >= 0.6 is 12.2 Å². The number of benzene rings is 1. The summed E-state index contributed by atoms with van der Waals surface area (Å²) in [4.78, 5) is 4.06. The van der Waals surface area contributed by atoms with Crippen molar-refractivity contribution in [2.24, 2.45) is 5.10 Å². The molecule has 1 aromatic carbocycles. The summed E-state index contributed by atoms with van der Waals surface area (Å²) in [6.07, 6.45) is 4.83. The lowest BCUT2D eigenvalue weighted by atomic mass is 10.2. The zero-order chi connectivity index (χ0) is 16.2. The summed E-state index contributed by atoms with van der Waals surface area (Å²) in [5, 5.41) is 21.2. The maximum atomic E-state index is 10.1. The van der Waals surface area contributed by atoms with Crippen LogP contribution in [0.2, 0.25) is 0 Å². The van der Waals surface area contributed by atoms with Crippen LogP contribution in [0, 0.1) is 4.77 Å². The summed E-state index contributed by atoms with van der Waals surface area (Å²) in [5.41, 5.74) is 1.27. The first-order valence-electron chi connectivity index (χ1n) is 6.69. The first-order valence-corrected chi connectivity index (χ1v) is 7.09. The van der Waals surface area contributed by atoms with Crippen LogP contribution in [0.3, 0.4) is 0 Å². The lowest BCUT2D eigenvalue weighted by molar-refractivity contribution is 0.373. The average Bonchev–Trinajstić information content (AvgIpc) is 2.95. The van der Waals surface area contributed by atoms with E-state index in [1.165, 1.54) is 18.0 Å². The molecule has 2 heterocycles. The van der Waals surface area contributed by atoms with E-state index >= 15 is 0 Å². The third-order valence-corrected chi connectivity index (χ3v) is 3.40. The minimum atomic E-state index is 0.0108. The molecule has 0 unspecified atom stereocenters. The van der Waals surface area contributed by atoms with Gasteiger partial charge in [-0.15, -0.1) is 0 Å². The molecule has 0 radical (unpaired) electrons. The van der Waals surface area contributed by atoms with Crippen LogP contribution in [-0.2, 0) is 0 Å². The van der Waals surface area contributed by atoms with Gasteiger partial charge in [-0.25, -0.2) is 5.10 Å². The maximum Gasteiger partial charge on any atom is 0.216 e. The van der Waals surface area contributed by atoms with Crippen LogP contribution < -0.4 is 4.74 Å². The van der Waals surface area contributed by atoms with Crippen LogP contribution in [-0.4, -0.2) is 38.3 Å². The molecule has 3 rings (SSSR count). The van der Waals surface area contributed by atoms with E-state index in [1.807, 2.05) is 6.07 Å². The fraction of sp³-hybridized carbons (Fsp3) is 0.0667. The van der Waals surface area contributed by atoms with Crippen LogP contribution in [0.1, 0.15) is 5.56 Å². The number of methoxy groups -OCH3 is 1. The van der Waals surface area contributed by atoms with E-state index in [-0.39, 0.29) is 5.75 Å². The molecule has 0 spiro atoms. The van der Waals surface area contributed by atoms with Gasteiger partial charge >= 0.3 is 0 Å². The van der Waals surface area contributed by atoms with Gasteiger partial charge in [0.25, 0.3) is 0 Å². The summed E-state index contributed by atoms with van der Waals surface area (Å²) in [6, 6.07) is 8.80. The van der Waals surface area contributed by atoms with Crippen LogP contribution in [0.25, 0.3) is 11.4 Å². The van der Waals surface area contributed by atoms with Crippen molar-refractivity contribution in [1.82, 2.24) is 19.9 Å². The molecule has 0 atom stereocenters. The standard InChI is InChI=1S/C15H13N5O2S/c1-22-12-6-2-4-10(13(12)21)9-17-20-14(18-19-15(20)23)11-5-3-7-16-8-11/h2-9,21H,1H3,(H,19,23)/b17-9+. The van der Waals surface area contributed by atoms with Gasteiger partial charge in [0.1, 0.15) is 0 Å². The molecule has 0 aliphatic rings. The van der Waals surface area contributed by atoms with Crippen LogP contribution in [0.5, 0.6) is 11.5 Å². The molecule has 0 amide bonds. The van der Waals surface area contributed by atoms with E-state index in [0.717, 1.165) is 5.56 Å². The minimum absolute atomic E-state index is 0.0108. The molecule has 2 aromatic heterocycles. The third kappa shape index (κ3) is 2.97. The number of nitrogens with zero attached hydrogens (tertiary/aromatic N) is 4. The Morgan fingerprint density at radius 3 is 2.96 bits per heavy atom. The summed E-state index contributed by atoms with van der Waals surface area (Å²) < 4.78 is 6.87. The van der Waals surface area contributed by atoms with Crippen molar-refractivity contribution in [2.75, 3.05) is 7.11 Å². The molecule has 0 saturated heterocycles. The Bertz CT molecular complexity index is 902.